The minimum atomic E-state index is 0.142. The van der Waals surface area contributed by atoms with E-state index in [0.717, 1.165) is 13.0 Å². The Hall–Kier alpha value is -0.550. The molecule has 0 aromatic heterocycles. The van der Waals surface area contributed by atoms with Crippen LogP contribution in [0.1, 0.15) is 38.5 Å². The number of rotatable bonds is 0. The molecule has 66 valence electrons. The summed E-state index contributed by atoms with van der Waals surface area (Å²) < 4.78 is 0. The lowest BCUT2D eigenvalue weighted by Crippen LogP contribution is -2.26. The second kappa shape index (κ2) is 3.06. The van der Waals surface area contributed by atoms with Crippen LogP contribution in [0, 0.1) is 16.7 Å². The average Bonchev–Trinajstić information content (AvgIpc) is 2.50. The van der Waals surface area contributed by atoms with Crippen molar-refractivity contribution in [2.24, 2.45) is 5.41 Å². The molecule has 2 nitrogen and oxygen atoms in total. The van der Waals surface area contributed by atoms with Gasteiger partial charge in [0.15, 0.2) is 0 Å². The van der Waals surface area contributed by atoms with Crippen molar-refractivity contribution in [3.63, 3.8) is 0 Å². The summed E-state index contributed by atoms with van der Waals surface area (Å²) in [5.74, 6) is 0. The molecule has 1 spiro atoms. The fourth-order valence-electron chi connectivity index (χ4n) is 2.69. The molecule has 0 bridgehead atoms. The third kappa shape index (κ3) is 1.34. The van der Waals surface area contributed by atoms with Crippen LogP contribution in [0.4, 0.5) is 0 Å². The number of nitrogens with one attached hydrogen (secondary N) is 1. The van der Waals surface area contributed by atoms with Gasteiger partial charge in [0.05, 0.1) is 12.1 Å². The van der Waals surface area contributed by atoms with Crippen molar-refractivity contribution in [1.29, 1.82) is 5.26 Å². The average molecular weight is 164 g/mol. The van der Waals surface area contributed by atoms with Gasteiger partial charge in [0.2, 0.25) is 0 Å². The zero-order chi connectivity index (χ0) is 8.44. The zero-order valence-corrected chi connectivity index (χ0v) is 7.47. The molecular weight excluding hydrogens is 148 g/mol. The summed E-state index contributed by atoms with van der Waals surface area (Å²) in [4.78, 5) is 0. The van der Waals surface area contributed by atoms with Crippen LogP contribution in [-0.2, 0) is 0 Å². The van der Waals surface area contributed by atoms with Crippen LogP contribution in [-0.4, -0.2) is 12.6 Å². The first-order chi connectivity index (χ1) is 5.85. The van der Waals surface area contributed by atoms with Gasteiger partial charge in [-0.25, -0.2) is 0 Å². The second-order valence-electron chi connectivity index (χ2n) is 4.33. The Balaban J connectivity index is 1.99. The lowest BCUT2D eigenvalue weighted by molar-refractivity contribution is 0.214. The molecule has 2 aliphatic rings. The van der Waals surface area contributed by atoms with Crippen molar-refractivity contribution >= 4 is 0 Å². The number of hydrogen-bond acceptors (Lipinski definition) is 2. The molecule has 12 heavy (non-hydrogen) atoms. The molecule has 2 rings (SSSR count). The molecule has 1 atom stereocenters. The lowest BCUT2D eigenvalue weighted by Gasteiger charge is -2.32. The Morgan fingerprint density at radius 1 is 1.25 bits per heavy atom. The molecule has 1 aliphatic heterocycles. The summed E-state index contributed by atoms with van der Waals surface area (Å²) in [7, 11) is 0. The van der Waals surface area contributed by atoms with Crippen molar-refractivity contribution in [1.82, 2.24) is 5.32 Å². The topological polar surface area (TPSA) is 35.8 Å². The van der Waals surface area contributed by atoms with E-state index in [1.807, 2.05) is 0 Å². The van der Waals surface area contributed by atoms with Crippen molar-refractivity contribution in [3.05, 3.63) is 0 Å². The lowest BCUT2D eigenvalue weighted by atomic mass is 9.73. The summed E-state index contributed by atoms with van der Waals surface area (Å²) in [6.45, 7) is 1.09. The number of nitrogens with zero attached hydrogens (tertiary/aromatic N) is 1. The Morgan fingerprint density at radius 3 is 2.58 bits per heavy atom. The van der Waals surface area contributed by atoms with Crippen LogP contribution >= 0.6 is 0 Å². The van der Waals surface area contributed by atoms with Gasteiger partial charge in [-0.05, 0) is 24.7 Å². The Morgan fingerprint density at radius 2 is 2.00 bits per heavy atom. The van der Waals surface area contributed by atoms with Crippen molar-refractivity contribution in [2.45, 2.75) is 44.6 Å². The molecule has 1 heterocycles. The van der Waals surface area contributed by atoms with E-state index in [4.69, 9.17) is 5.26 Å². The summed E-state index contributed by atoms with van der Waals surface area (Å²) in [5.41, 5.74) is 0.513. The standard InChI is InChI=1S/C10H16N2/c11-7-9-6-10(8-12-9)4-2-1-3-5-10/h9,12H,1-6,8H2/t9-/m1/s1. The fraction of sp³-hybridized carbons (Fsp3) is 0.900. The largest absolute Gasteiger partial charge is 0.301 e. The molecule has 1 saturated heterocycles. The third-order valence-electron chi connectivity index (χ3n) is 3.43. The Labute approximate surface area is 74.0 Å². The van der Waals surface area contributed by atoms with Gasteiger partial charge >= 0.3 is 0 Å². The SMILES string of the molecule is N#C[C@H]1CC2(CCCCC2)CN1. The normalized spacial score (nSPS) is 33.4. The highest BCUT2D eigenvalue weighted by Crippen LogP contribution is 2.42. The van der Waals surface area contributed by atoms with Crippen LogP contribution in [0.5, 0.6) is 0 Å². The van der Waals surface area contributed by atoms with Crippen LogP contribution in [0.2, 0.25) is 0 Å². The maximum atomic E-state index is 8.77. The van der Waals surface area contributed by atoms with Gasteiger partial charge in [-0.3, -0.25) is 0 Å². The van der Waals surface area contributed by atoms with Crippen molar-refractivity contribution in [3.8, 4) is 6.07 Å². The molecule has 1 saturated carbocycles. The molecule has 1 aliphatic carbocycles. The van der Waals surface area contributed by atoms with E-state index < -0.39 is 0 Å². The molecule has 0 aromatic rings. The molecule has 2 heteroatoms. The molecule has 0 unspecified atom stereocenters. The maximum Gasteiger partial charge on any atom is 0.0958 e. The fourth-order valence-corrected chi connectivity index (χ4v) is 2.69. The smallest absolute Gasteiger partial charge is 0.0958 e. The zero-order valence-electron chi connectivity index (χ0n) is 7.47. The summed E-state index contributed by atoms with van der Waals surface area (Å²) in [5, 5.41) is 12.1. The van der Waals surface area contributed by atoms with Crippen molar-refractivity contribution < 1.29 is 0 Å². The van der Waals surface area contributed by atoms with Gasteiger partial charge in [0.1, 0.15) is 0 Å². The first-order valence-corrected chi connectivity index (χ1v) is 4.98. The van der Waals surface area contributed by atoms with Crippen molar-refractivity contribution in [2.75, 3.05) is 6.54 Å². The highest BCUT2D eigenvalue weighted by molar-refractivity contribution is 5.03. The minimum Gasteiger partial charge on any atom is -0.301 e. The molecule has 0 amide bonds. The van der Waals surface area contributed by atoms with E-state index in [-0.39, 0.29) is 6.04 Å². The van der Waals surface area contributed by atoms with Gasteiger partial charge in [-0.1, -0.05) is 19.3 Å². The molecule has 2 fully saturated rings. The predicted octanol–water partition coefficient (Wildman–Crippen LogP) is 1.82. The van der Waals surface area contributed by atoms with E-state index >= 15 is 0 Å². The third-order valence-corrected chi connectivity index (χ3v) is 3.43. The quantitative estimate of drug-likeness (QED) is 0.593. The number of hydrogen-bond donors (Lipinski definition) is 1. The minimum absolute atomic E-state index is 0.142. The van der Waals surface area contributed by atoms with E-state index in [2.05, 4.69) is 11.4 Å². The van der Waals surface area contributed by atoms with E-state index in [0.29, 0.717) is 5.41 Å². The molecule has 0 radical (unpaired) electrons. The predicted molar refractivity (Wildman–Crippen MR) is 47.5 cm³/mol. The highest BCUT2D eigenvalue weighted by Gasteiger charge is 2.39. The van der Waals surface area contributed by atoms with Crippen LogP contribution in [0.3, 0.4) is 0 Å². The Bertz CT molecular complexity index is 198. The molecule has 0 aromatic carbocycles. The van der Waals surface area contributed by atoms with Gasteiger partial charge in [-0.15, -0.1) is 0 Å². The second-order valence-corrected chi connectivity index (χ2v) is 4.33. The summed E-state index contributed by atoms with van der Waals surface area (Å²) in [6.07, 6.45) is 7.94. The maximum absolute atomic E-state index is 8.77. The summed E-state index contributed by atoms with van der Waals surface area (Å²) >= 11 is 0. The van der Waals surface area contributed by atoms with Crippen LogP contribution in [0.25, 0.3) is 0 Å². The van der Waals surface area contributed by atoms with Gasteiger partial charge in [-0.2, -0.15) is 5.26 Å². The van der Waals surface area contributed by atoms with E-state index in [1.165, 1.54) is 32.1 Å². The molecule has 1 N–H and O–H groups in total. The summed E-state index contributed by atoms with van der Waals surface area (Å²) in [6, 6.07) is 2.47. The van der Waals surface area contributed by atoms with Gasteiger partial charge < -0.3 is 5.32 Å². The van der Waals surface area contributed by atoms with Crippen LogP contribution in [0.15, 0.2) is 0 Å². The Kier molecular flexibility index (Phi) is 2.06. The molecular formula is C10H16N2. The van der Waals surface area contributed by atoms with E-state index in [1.54, 1.807) is 0 Å². The number of nitriles is 1. The van der Waals surface area contributed by atoms with Gasteiger partial charge in [0.25, 0.3) is 0 Å². The highest BCUT2D eigenvalue weighted by atomic mass is 15.0. The first kappa shape index (κ1) is 8.07. The van der Waals surface area contributed by atoms with E-state index in [9.17, 15) is 0 Å². The first-order valence-electron chi connectivity index (χ1n) is 4.98. The van der Waals surface area contributed by atoms with Crippen LogP contribution < -0.4 is 5.32 Å². The monoisotopic (exact) mass is 164 g/mol. The van der Waals surface area contributed by atoms with Gasteiger partial charge in [0, 0.05) is 6.54 Å².